The normalized spacial score (nSPS) is 22.3. The second-order valence-electron chi connectivity index (χ2n) is 3.33. The van der Waals surface area contributed by atoms with Gasteiger partial charge in [-0.2, -0.15) is 10.0 Å². The van der Waals surface area contributed by atoms with Crippen molar-refractivity contribution in [3.05, 3.63) is 42.1 Å². The Labute approximate surface area is 74.7 Å². The zero-order chi connectivity index (χ0) is 8.60. The van der Waals surface area contributed by atoms with E-state index in [2.05, 4.69) is 59.2 Å². The molecule has 0 bridgehead atoms. The molecule has 0 unspecified atom stereocenters. The van der Waals surface area contributed by atoms with Gasteiger partial charge in [0.2, 0.25) is 0 Å². The summed E-state index contributed by atoms with van der Waals surface area (Å²) in [6, 6.07) is 4.13. The van der Waals surface area contributed by atoms with Crippen LogP contribution in [0.5, 0.6) is 0 Å². The lowest BCUT2D eigenvalue weighted by Crippen LogP contribution is -1.98. The molecule has 64 valence electrons. The molecule has 2 heteroatoms. The van der Waals surface area contributed by atoms with E-state index in [-0.39, 0.29) is 0 Å². The lowest BCUT2D eigenvalue weighted by Gasteiger charge is -2.27. The van der Waals surface area contributed by atoms with Crippen LogP contribution in [0.4, 0.5) is 0 Å². The van der Waals surface area contributed by atoms with E-state index < -0.39 is 10.0 Å². The van der Waals surface area contributed by atoms with Crippen LogP contribution >= 0.6 is 10.0 Å². The standard InChI is InChI=1S/C10H13NS/c1-12(2)9-5-6-10(12)11-7-3-4-8-11/h3-9H,1-2H3. The fourth-order valence-electron chi connectivity index (χ4n) is 1.40. The van der Waals surface area contributed by atoms with E-state index in [9.17, 15) is 0 Å². The second-order valence-corrected chi connectivity index (χ2v) is 6.83. The quantitative estimate of drug-likeness (QED) is 0.624. The van der Waals surface area contributed by atoms with Gasteiger partial charge in [0.15, 0.2) is 0 Å². The van der Waals surface area contributed by atoms with E-state index in [1.807, 2.05) is 0 Å². The molecule has 1 aliphatic heterocycles. The van der Waals surface area contributed by atoms with Gasteiger partial charge in [-0.1, -0.05) is 6.08 Å². The molecule has 0 atom stereocenters. The van der Waals surface area contributed by atoms with Crippen molar-refractivity contribution >= 4 is 15.1 Å². The molecule has 1 aliphatic rings. The van der Waals surface area contributed by atoms with Crippen LogP contribution in [0.1, 0.15) is 0 Å². The minimum Gasteiger partial charge on any atom is -0.319 e. The fraction of sp³-hybridized carbons (Fsp3) is 0.200. The maximum absolute atomic E-state index is 2.31. The summed E-state index contributed by atoms with van der Waals surface area (Å²) >= 11 is 0. The van der Waals surface area contributed by atoms with Gasteiger partial charge in [0, 0.05) is 12.4 Å². The van der Waals surface area contributed by atoms with Gasteiger partial charge >= 0.3 is 0 Å². The lowest BCUT2D eigenvalue weighted by molar-refractivity contribution is 1.16. The van der Waals surface area contributed by atoms with Crippen LogP contribution in [0.3, 0.4) is 0 Å². The Balaban J connectivity index is 2.40. The molecule has 0 amide bonds. The van der Waals surface area contributed by atoms with Gasteiger partial charge in [-0.25, -0.2) is 0 Å². The fourth-order valence-corrected chi connectivity index (χ4v) is 3.11. The van der Waals surface area contributed by atoms with Gasteiger partial charge in [-0.05, 0) is 36.1 Å². The highest BCUT2D eigenvalue weighted by Crippen LogP contribution is 2.55. The summed E-state index contributed by atoms with van der Waals surface area (Å²) in [4.78, 5) is 0. The number of allylic oxidation sites excluding steroid dienone is 2. The summed E-state index contributed by atoms with van der Waals surface area (Å²) in [5, 5.41) is 3.73. The summed E-state index contributed by atoms with van der Waals surface area (Å²) in [5.41, 5.74) is 0. The Morgan fingerprint density at radius 1 is 1.17 bits per heavy atom. The largest absolute Gasteiger partial charge is 0.319 e. The third-order valence-corrected chi connectivity index (χ3v) is 4.32. The van der Waals surface area contributed by atoms with E-state index in [4.69, 9.17) is 0 Å². The molecule has 0 aliphatic carbocycles. The Morgan fingerprint density at radius 3 is 2.33 bits per heavy atom. The van der Waals surface area contributed by atoms with Crippen molar-refractivity contribution in [2.75, 3.05) is 12.5 Å². The summed E-state index contributed by atoms with van der Waals surface area (Å²) < 4.78 is 2.20. The third kappa shape index (κ3) is 1.12. The number of nitrogens with zero attached hydrogens (tertiary/aromatic N) is 1. The van der Waals surface area contributed by atoms with Crippen molar-refractivity contribution < 1.29 is 0 Å². The van der Waals surface area contributed by atoms with Crippen LogP contribution in [0.2, 0.25) is 0 Å². The molecule has 2 heterocycles. The Bertz CT molecular complexity index is 331. The van der Waals surface area contributed by atoms with E-state index >= 15 is 0 Å². The average Bonchev–Trinajstić information content (AvgIpc) is 2.55. The molecular weight excluding hydrogens is 166 g/mol. The number of hydrogen-bond donors (Lipinski definition) is 0. The Kier molecular flexibility index (Phi) is 1.65. The van der Waals surface area contributed by atoms with Gasteiger partial charge in [0.1, 0.15) is 0 Å². The number of rotatable bonds is 1. The van der Waals surface area contributed by atoms with Crippen molar-refractivity contribution in [3.8, 4) is 0 Å². The minimum atomic E-state index is -0.667. The maximum atomic E-state index is 2.31. The van der Waals surface area contributed by atoms with Gasteiger partial charge in [0.05, 0.1) is 5.03 Å². The molecule has 2 rings (SSSR count). The lowest BCUT2D eigenvalue weighted by atomic mass is 10.6. The SMILES string of the molecule is CS1(C)C=CC=C1n1cccc1. The van der Waals surface area contributed by atoms with Crippen LogP contribution in [0.25, 0.3) is 5.03 Å². The van der Waals surface area contributed by atoms with E-state index in [1.54, 1.807) is 0 Å². The smallest absolute Gasteiger partial charge is 0.0646 e. The zero-order valence-corrected chi connectivity index (χ0v) is 8.21. The van der Waals surface area contributed by atoms with Crippen molar-refractivity contribution in [2.24, 2.45) is 0 Å². The van der Waals surface area contributed by atoms with Crippen LogP contribution < -0.4 is 0 Å². The molecule has 1 nitrogen and oxygen atoms in total. The average molecular weight is 179 g/mol. The predicted octanol–water partition coefficient (Wildman–Crippen LogP) is 2.88. The van der Waals surface area contributed by atoms with E-state index in [0.29, 0.717) is 0 Å². The first kappa shape index (κ1) is 7.74. The van der Waals surface area contributed by atoms with Gasteiger partial charge in [-0.3, -0.25) is 0 Å². The maximum Gasteiger partial charge on any atom is 0.0646 e. The second kappa shape index (κ2) is 2.56. The summed E-state index contributed by atoms with van der Waals surface area (Å²) in [7, 11) is -0.667. The highest BCUT2D eigenvalue weighted by atomic mass is 32.3. The molecule has 0 N–H and O–H groups in total. The van der Waals surface area contributed by atoms with Crippen LogP contribution in [-0.2, 0) is 0 Å². The first-order valence-electron chi connectivity index (χ1n) is 3.95. The van der Waals surface area contributed by atoms with Crippen LogP contribution in [0, 0.1) is 0 Å². The third-order valence-electron chi connectivity index (χ3n) is 2.06. The first-order chi connectivity index (χ1) is 5.70. The molecule has 0 aromatic carbocycles. The van der Waals surface area contributed by atoms with Crippen molar-refractivity contribution in [3.63, 3.8) is 0 Å². The van der Waals surface area contributed by atoms with Crippen LogP contribution in [0.15, 0.2) is 42.1 Å². The van der Waals surface area contributed by atoms with Gasteiger partial charge < -0.3 is 4.57 Å². The molecule has 1 aromatic rings. The topological polar surface area (TPSA) is 4.93 Å². The molecule has 0 saturated heterocycles. The van der Waals surface area contributed by atoms with Crippen molar-refractivity contribution in [2.45, 2.75) is 0 Å². The number of aromatic nitrogens is 1. The zero-order valence-electron chi connectivity index (χ0n) is 7.40. The van der Waals surface area contributed by atoms with Gasteiger partial charge in [-0.15, -0.1) is 0 Å². The molecule has 12 heavy (non-hydrogen) atoms. The van der Waals surface area contributed by atoms with Crippen LogP contribution in [-0.4, -0.2) is 17.1 Å². The Morgan fingerprint density at radius 2 is 1.83 bits per heavy atom. The van der Waals surface area contributed by atoms with Gasteiger partial charge in [0.25, 0.3) is 0 Å². The van der Waals surface area contributed by atoms with Crippen molar-refractivity contribution in [1.82, 2.24) is 4.57 Å². The molecule has 0 saturated carbocycles. The summed E-state index contributed by atoms with van der Waals surface area (Å²) in [5.74, 6) is 0. The minimum absolute atomic E-state index is 0.667. The van der Waals surface area contributed by atoms with Crippen molar-refractivity contribution in [1.29, 1.82) is 0 Å². The molecule has 0 spiro atoms. The molecular formula is C10H13NS. The highest BCUT2D eigenvalue weighted by Gasteiger charge is 2.18. The summed E-state index contributed by atoms with van der Waals surface area (Å²) in [6.07, 6.45) is 13.2. The molecule has 1 aromatic heterocycles. The summed E-state index contributed by atoms with van der Waals surface area (Å²) in [6.45, 7) is 0. The predicted molar refractivity (Wildman–Crippen MR) is 57.3 cm³/mol. The molecule has 0 fully saturated rings. The number of hydrogen-bond acceptors (Lipinski definition) is 0. The Hall–Kier alpha value is -0.890. The van der Waals surface area contributed by atoms with E-state index in [0.717, 1.165) is 0 Å². The van der Waals surface area contributed by atoms with E-state index in [1.165, 1.54) is 5.03 Å². The molecule has 0 radical (unpaired) electrons. The monoisotopic (exact) mass is 179 g/mol. The highest BCUT2D eigenvalue weighted by molar-refractivity contribution is 8.42. The first-order valence-corrected chi connectivity index (χ1v) is 6.46.